The molecule has 2 heterocycles. The highest BCUT2D eigenvalue weighted by molar-refractivity contribution is 9.10. The van der Waals surface area contributed by atoms with Crippen molar-refractivity contribution in [1.29, 1.82) is 0 Å². The Morgan fingerprint density at radius 1 is 1.53 bits per heavy atom. The third-order valence-corrected chi connectivity index (χ3v) is 3.56. The minimum Gasteiger partial charge on any atom is -0.469 e. The van der Waals surface area contributed by atoms with E-state index in [0.717, 1.165) is 42.9 Å². The van der Waals surface area contributed by atoms with Crippen molar-refractivity contribution in [2.45, 2.75) is 19.4 Å². The Hall–Kier alpha value is -0.810. The zero-order valence-electron chi connectivity index (χ0n) is 9.82. The number of likely N-dealkylation sites (tertiary alicyclic amines) is 1. The van der Waals surface area contributed by atoms with Crippen LogP contribution in [-0.2, 0) is 16.1 Å². The maximum absolute atomic E-state index is 11.4. The molecule has 1 aliphatic heterocycles. The number of ether oxygens (including phenoxy) is 1. The minimum absolute atomic E-state index is 0.0691. The SMILES string of the molecule is COC(=O)C1CCN(Cc2ccc(Br)o2)CC1. The molecule has 5 heteroatoms. The van der Waals surface area contributed by atoms with Crippen LogP contribution in [0.4, 0.5) is 0 Å². The highest BCUT2D eigenvalue weighted by Gasteiger charge is 2.25. The molecular formula is C12H16BrNO3. The maximum atomic E-state index is 11.4. The van der Waals surface area contributed by atoms with E-state index >= 15 is 0 Å². The first-order valence-electron chi connectivity index (χ1n) is 5.73. The largest absolute Gasteiger partial charge is 0.469 e. The molecule has 4 nitrogen and oxygen atoms in total. The average molecular weight is 302 g/mol. The van der Waals surface area contributed by atoms with Crippen LogP contribution >= 0.6 is 15.9 Å². The first kappa shape index (κ1) is 12.6. The number of hydrogen-bond acceptors (Lipinski definition) is 4. The van der Waals surface area contributed by atoms with E-state index in [-0.39, 0.29) is 11.9 Å². The second kappa shape index (κ2) is 5.69. The summed E-state index contributed by atoms with van der Waals surface area (Å²) in [6.07, 6.45) is 1.74. The summed E-state index contributed by atoms with van der Waals surface area (Å²) in [7, 11) is 1.45. The van der Waals surface area contributed by atoms with E-state index in [2.05, 4.69) is 20.8 Å². The van der Waals surface area contributed by atoms with Crippen molar-refractivity contribution in [2.75, 3.05) is 20.2 Å². The molecule has 0 spiro atoms. The molecule has 0 atom stereocenters. The van der Waals surface area contributed by atoms with Crippen LogP contribution < -0.4 is 0 Å². The number of nitrogens with zero attached hydrogens (tertiary/aromatic N) is 1. The molecule has 0 aromatic carbocycles. The standard InChI is InChI=1S/C12H16BrNO3/c1-16-12(15)9-4-6-14(7-5-9)8-10-2-3-11(13)17-10/h2-3,9H,4-8H2,1H3. The van der Waals surface area contributed by atoms with Gasteiger partial charge in [-0.2, -0.15) is 0 Å². The molecule has 0 radical (unpaired) electrons. The monoisotopic (exact) mass is 301 g/mol. The second-order valence-corrected chi connectivity index (χ2v) is 5.06. The quantitative estimate of drug-likeness (QED) is 0.804. The molecule has 94 valence electrons. The van der Waals surface area contributed by atoms with Gasteiger partial charge in [0, 0.05) is 0 Å². The van der Waals surface area contributed by atoms with Gasteiger partial charge in [0.2, 0.25) is 0 Å². The molecule has 2 rings (SSSR count). The number of hydrogen-bond donors (Lipinski definition) is 0. The third-order valence-electron chi connectivity index (χ3n) is 3.13. The molecule has 1 aliphatic rings. The predicted molar refractivity (Wildman–Crippen MR) is 66.4 cm³/mol. The van der Waals surface area contributed by atoms with Gasteiger partial charge < -0.3 is 9.15 Å². The number of esters is 1. The van der Waals surface area contributed by atoms with Gasteiger partial charge in [-0.25, -0.2) is 0 Å². The Morgan fingerprint density at radius 2 is 2.24 bits per heavy atom. The van der Waals surface area contributed by atoms with Gasteiger partial charge in [-0.1, -0.05) is 0 Å². The Balaban J connectivity index is 1.81. The second-order valence-electron chi connectivity index (χ2n) is 4.28. The Kier molecular flexibility index (Phi) is 4.23. The smallest absolute Gasteiger partial charge is 0.308 e. The topological polar surface area (TPSA) is 42.7 Å². The Bertz CT molecular complexity index is 383. The average Bonchev–Trinajstić information content (AvgIpc) is 2.75. The first-order valence-corrected chi connectivity index (χ1v) is 6.52. The highest BCUT2D eigenvalue weighted by Crippen LogP contribution is 2.21. The van der Waals surface area contributed by atoms with E-state index in [1.54, 1.807) is 0 Å². The van der Waals surface area contributed by atoms with E-state index in [4.69, 9.17) is 9.15 Å². The van der Waals surface area contributed by atoms with E-state index in [1.807, 2.05) is 12.1 Å². The maximum Gasteiger partial charge on any atom is 0.308 e. The van der Waals surface area contributed by atoms with E-state index in [0.29, 0.717) is 0 Å². The fourth-order valence-corrected chi connectivity index (χ4v) is 2.49. The van der Waals surface area contributed by atoms with Gasteiger partial charge in [-0.15, -0.1) is 0 Å². The summed E-state index contributed by atoms with van der Waals surface area (Å²) in [5, 5.41) is 0. The van der Waals surface area contributed by atoms with Crippen molar-refractivity contribution >= 4 is 21.9 Å². The number of methoxy groups -OCH3 is 1. The zero-order valence-corrected chi connectivity index (χ0v) is 11.4. The van der Waals surface area contributed by atoms with Gasteiger partial charge in [-0.3, -0.25) is 9.69 Å². The molecule has 1 saturated heterocycles. The summed E-state index contributed by atoms with van der Waals surface area (Å²) in [5.41, 5.74) is 0. The molecule has 0 unspecified atom stereocenters. The number of rotatable bonds is 3. The minimum atomic E-state index is -0.0783. The number of halogens is 1. The predicted octanol–water partition coefficient (Wildman–Crippen LogP) is 2.43. The first-order chi connectivity index (χ1) is 8.19. The lowest BCUT2D eigenvalue weighted by molar-refractivity contribution is -0.147. The van der Waals surface area contributed by atoms with Crippen molar-refractivity contribution in [3.63, 3.8) is 0 Å². The molecule has 1 aromatic rings. The molecule has 1 aromatic heterocycles. The summed E-state index contributed by atoms with van der Waals surface area (Å²) in [6.45, 7) is 2.63. The van der Waals surface area contributed by atoms with Crippen LogP contribution in [0.5, 0.6) is 0 Å². The van der Waals surface area contributed by atoms with Crippen LogP contribution in [0.2, 0.25) is 0 Å². The van der Waals surface area contributed by atoms with Crippen LogP contribution in [-0.4, -0.2) is 31.1 Å². The van der Waals surface area contributed by atoms with E-state index < -0.39 is 0 Å². The van der Waals surface area contributed by atoms with Gasteiger partial charge in [0.15, 0.2) is 4.67 Å². The number of furan rings is 1. The van der Waals surface area contributed by atoms with E-state index in [1.165, 1.54) is 7.11 Å². The van der Waals surface area contributed by atoms with Crippen LogP contribution in [0.3, 0.4) is 0 Å². The van der Waals surface area contributed by atoms with Crippen molar-refractivity contribution in [3.8, 4) is 0 Å². The normalized spacial score (nSPS) is 18.2. The fourth-order valence-electron chi connectivity index (χ4n) is 2.15. The molecule has 0 saturated carbocycles. The van der Waals surface area contributed by atoms with Crippen molar-refractivity contribution < 1.29 is 13.9 Å². The molecule has 0 amide bonds. The lowest BCUT2D eigenvalue weighted by atomic mass is 9.97. The van der Waals surface area contributed by atoms with Crippen LogP contribution in [0.15, 0.2) is 21.2 Å². The molecule has 17 heavy (non-hydrogen) atoms. The molecule has 0 N–H and O–H groups in total. The summed E-state index contributed by atoms with van der Waals surface area (Å²) in [4.78, 5) is 13.7. The van der Waals surface area contributed by atoms with Gasteiger partial charge >= 0.3 is 5.97 Å². The Morgan fingerprint density at radius 3 is 2.76 bits per heavy atom. The van der Waals surface area contributed by atoms with Gasteiger partial charge in [0.25, 0.3) is 0 Å². The summed E-state index contributed by atoms with van der Waals surface area (Å²) in [6, 6.07) is 3.87. The van der Waals surface area contributed by atoms with E-state index in [9.17, 15) is 4.79 Å². The zero-order chi connectivity index (χ0) is 12.3. The molecule has 0 bridgehead atoms. The number of carbonyl (C=O) groups excluding carboxylic acids is 1. The highest BCUT2D eigenvalue weighted by atomic mass is 79.9. The van der Waals surface area contributed by atoms with Crippen molar-refractivity contribution in [2.24, 2.45) is 5.92 Å². The number of carbonyl (C=O) groups is 1. The van der Waals surface area contributed by atoms with Crippen molar-refractivity contribution in [1.82, 2.24) is 4.90 Å². The third kappa shape index (κ3) is 3.33. The Labute approximate surface area is 109 Å². The lowest BCUT2D eigenvalue weighted by Crippen LogP contribution is -2.36. The van der Waals surface area contributed by atoms with Gasteiger partial charge in [-0.05, 0) is 54.0 Å². The summed E-state index contributed by atoms with van der Waals surface area (Å²) >= 11 is 3.29. The van der Waals surface area contributed by atoms with Crippen molar-refractivity contribution in [3.05, 3.63) is 22.6 Å². The summed E-state index contributed by atoms with van der Waals surface area (Å²) in [5.74, 6) is 0.943. The molecule has 1 fully saturated rings. The fraction of sp³-hybridized carbons (Fsp3) is 0.583. The van der Waals surface area contributed by atoms with Gasteiger partial charge in [0.1, 0.15) is 5.76 Å². The molecule has 0 aliphatic carbocycles. The lowest BCUT2D eigenvalue weighted by Gasteiger charge is -2.29. The van der Waals surface area contributed by atoms with Gasteiger partial charge in [0.05, 0.1) is 19.6 Å². The van der Waals surface area contributed by atoms with Crippen LogP contribution in [0.1, 0.15) is 18.6 Å². The van der Waals surface area contributed by atoms with Crippen LogP contribution in [0, 0.1) is 5.92 Å². The number of piperidine rings is 1. The summed E-state index contributed by atoms with van der Waals surface area (Å²) < 4.78 is 11.0. The molecular weight excluding hydrogens is 286 g/mol. The van der Waals surface area contributed by atoms with Crippen LogP contribution in [0.25, 0.3) is 0 Å².